The number of aldehydes is 1. The Bertz CT molecular complexity index is 237. The lowest BCUT2D eigenvalue weighted by molar-refractivity contribution is -0.125. The van der Waals surface area contributed by atoms with E-state index in [0.717, 1.165) is 19.1 Å². The quantitative estimate of drug-likeness (QED) is 0.489. The van der Waals surface area contributed by atoms with Gasteiger partial charge in [-0.2, -0.15) is 0 Å². The van der Waals surface area contributed by atoms with E-state index in [-0.39, 0.29) is 11.0 Å². The van der Waals surface area contributed by atoms with Crippen molar-refractivity contribution in [1.29, 1.82) is 0 Å². The lowest BCUT2D eigenvalue weighted by atomic mass is 9.71. The van der Waals surface area contributed by atoms with E-state index in [4.69, 9.17) is 11.2 Å². The zero-order valence-electron chi connectivity index (χ0n) is 8.30. The van der Waals surface area contributed by atoms with E-state index in [1.165, 1.54) is 0 Å². The monoisotopic (exact) mass is 180 g/mol. The number of terminal acetylenes is 1. The molecule has 1 saturated heterocycles. The molecule has 0 aromatic heterocycles. The summed E-state index contributed by atoms with van der Waals surface area (Å²) in [4.78, 5) is 11.1. The Morgan fingerprint density at radius 1 is 1.62 bits per heavy atom. The van der Waals surface area contributed by atoms with Crippen LogP contribution in [0.4, 0.5) is 0 Å². The van der Waals surface area contributed by atoms with Crippen LogP contribution in [0.3, 0.4) is 0 Å². The molecule has 1 rings (SSSR count). The average molecular weight is 180 g/mol. The lowest BCUT2D eigenvalue weighted by Gasteiger charge is -2.34. The molecule has 1 aliphatic rings. The van der Waals surface area contributed by atoms with Gasteiger partial charge in [-0.25, -0.2) is 0 Å². The van der Waals surface area contributed by atoms with Crippen molar-refractivity contribution in [3.8, 4) is 12.3 Å². The Morgan fingerprint density at radius 3 is 2.69 bits per heavy atom. The zero-order chi connectivity index (χ0) is 9.95. The van der Waals surface area contributed by atoms with Gasteiger partial charge in [0.2, 0.25) is 0 Å². The van der Waals surface area contributed by atoms with Crippen molar-refractivity contribution in [2.75, 3.05) is 6.61 Å². The normalized spacial score (nSPS) is 31.2. The van der Waals surface area contributed by atoms with Gasteiger partial charge < -0.3 is 9.53 Å². The number of ether oxygens (including phenoxy) is 1. The van der Waals surface area contributed by atoms with E-state index in [1.54, 1.807) is 0 Å². The Labute approximate surface area is 79.7 Å². The molecule has 2 nitrogen and oxygen atoms in total. The van der Waals surface area contributed by atoms with Crippen LogP contribution >= 0.6 is 0 Å². The van der Waals surface area contributed by atoms with Gasteiger partial charge in [-0.1, -0.05) is 0 Å². The van der Waals surface area contributed by atoms with Gasteiger partial charge in [0.1, 0.15) is 6.29 Å². The molecular formula is C11H16O2. The number of carbonyl (C=O) groups is 1. The first-order valence-corrected chi connectivity index (χ1v) is 4.62. The van der Waals surface area contributed by atoms with E-state index in [2.05, 4.69) is 5.92 Å². The highest BCUT2D eigenvalue weighted by Crippen LogP contribution is 2.45. The third kappa shape index (κ3) is 1.62. The fraction of sp³-hybridized carbons (Fsp3) is 0.727. The minimum Gasteiger partial charge on any atom is -0.375 e. The zero-order valence-corrected chi connectivity index (χ0v) is 8.30. The molecule has 1 unspecified atom stereocenters. The highest BCUT2D eigenvalue weighted by Gasteiger charge is 2.49. The highest BCUT2D eigenvalue weighted by atomic mass is 16.5. The molecule has 1 atom stereocenters. The minimum atomic E-state index is -0.362. The molecule has 0 bridgehead atoms. The van der Waals surface area contributed by atoms with Crippen molar-refractivity contribution in [1.82, 2.24) is 0 Å². The van der Waals surface area contributed by atoms with Gasteiger partial charge >= 0.3 is 0 Å². The fourth-order valence-corrected chi connectivity index (χ4v) is 1.91. The lowest BCUT2D eigenvalue weighted by Crippen LogP contribution is -2.41. The smallest absolute Gasteiger partial charge is 0.129 e. The van der Waals surface area contributed by atoms with Crippen LogP contribution in [-0.2, 0) is 9.53 Å². The van der Waals surface area contributed by atoms with Crippen molar-refractivity contribution < 1.29 is 9.53 Å². The first-order valence-electron chi connectivity index (χ1n) is 4.62. The number of carbonyl (C=O) groups excluding carboxylic acids is 1. The van der Waals surface area contributed by atoms with Crippen LogP contribution in [0, 0.1) is 17.8 Å². The van der Waals surface area contributed by atoms with E-state index in [9.17, 15) is 4.79 Å². The van der Waals surface area contributed by atoms with Gasteiger partial charge in [0.15, 0.2) is 0 Å². The average Bonchev–Trinajstić information content (AvgIpc) is 2.38. The first-order chi connectivity index (χ1) is 6.08. The van der Waals surface area contributed by atoms with Gasteiger partial charge in [-0.3, -0.25) is 0 Å². The second-order valence-electron chi connectivity index (χ2n) is 4.09. The van der Waals surface area contributed by atoms with Crippen molar-refractivity contribution in [3.63, 3.8) is 0 Å². The van der Waals surface area contributed by atoms with E-state index >= 15 is 0 Å². The maximum atomic E-state index is 11.1. The van der Waals surface area contributed by atoms with E-state index in [1.807, 2.05) is 13.8 Å². The van der Waals surface area contributed by atoms with Crippen molar-refractivity contribution in [2.24, 2.45) is 5.41 Å². The summed E-state index contributed by atoms with van der Waals surface area (Å²) in [6, 6.07) is 0. The first kappa shape index (κ1) is 10.3. The SMILES string of the molecule is C#CCCC1(C=O)CCOC1(C)C. The Kier molecular flexibility index (Phi) is 2.77. The topological polar surface area (TPSA) is 26.3 Å². The standard InChI is InChI=1S/C11H16O2/c1-4-5-6-11(9-12)7-8-13-10(11,2)3/h1,9H,5-8H2,2-3H3. The van der Waals surface area contributed by atoms with Crippen LogP contribution in [0.15, 0.2) is 0 Å². The summed E-state index contributed by atoms with van der Waals surface area (Å²) in [7, 11) is 0. The molecule has 72 valence electrons. The molecule has 2 heteroatoms. The maximum Gasteiger partial charge on any atom is 0.129 e. The van der Waals surface area contributed by atoms with Crippen LogP contribution in [0.5, 0.6) is 0 Å². The van der Waals surface area contributed by atoms with Crippen LogP contribution in [0.2, 0.25) is 0 Å². The Morgan fingerprint density at radius 2 is 2.31 bits per heavy atom. The van der Waals surface area contributed by atoms with E-state index in [0.29, 0.717) is 13.0 Å². The van der Waals surface area contributed by atoms with Gasteiger partial charge in [-0.15, -0.1) is 12.3 Å². The van der Waals surface area contributed by atoms with Crippen LogP contribution in [0.1, 0.15) is 33.1 Å². The summed E-state index contributed by atoms with van der Waals surface area (Å²) >= 11 is 0. The van der Waals surface area contributed by atoms with Crippen LogP contribution < -0.4 is 0 Å². The van der Waals surface area contributed by atoms with Gasteiger partial charge in [0.05, 0.1) is 11.0 Å². The van der Waals surface area contributed by atoms with Gasteiger partial charge in [-0.05, 0) is 26.7 Å². The number of hydrogen-bond donors (Lipinski definition) is 0. The molecule has 0 radical (unpaired) electrons. The number of hydrogen-bond acceptors (Lipinski definition) is 2. The molecule has 1 aliphatic heterocycles. The summed E-state index contributed by atoms with van der Waals surface area (Å²) in [6.45, 7) is 4.59. The molecule has 1 heterocycles. The second kappa shape index (κ2) is 3.51. The molecule has 13 heavy (non-hydrogen) atoms. The van der Waals surface area contributed by atoms with Crippen LogP contribution in [0.25, 0.3) is 0 Å². The molecule has 0 aromatic rings. The summed E-state index contributed by atoms with van der Waals surface area (Å²) in [6.07, 6.45) is 8.40. The fourth-order valence-electron chi connectivity index (χ4n) is 1.91. The Hall–Kier alpha value is -0.810. The molecular weight excluding hydrogens is 164 g/mol. The molecule has 0 saturated carbocycles. The maximum absolute atomic E-state index is 11.1. The van der Waals surface area contributed by atoms with Crippen molar-refractivity contribution >= 4 is 6.29 Å². The molecule has 0 aliphatic carbocycles. The second-order valence-corrected chi connectivity index (χ2v) is 4.09. The summed E-state index contributed by atoms with van der Waals surface area (Å²) in [5, 5.41) is 0. The molecule has 0 spiro atoms. The molecule has 0 amide bonds. The molecule has 0 N–H and O–H groups in total. The molecule has 1 fully saturated rings. The predicted octanol–water partition coefficient (Wildman–Crippen LogP) is 1.78. The third-order valence-corrected chi connectivity index (χ3v) is 3.15. The third-order valence-electron chi connectivity index (χ3n) is 3.15. The van der Waals surface area contributed by atoms with E-state index < -0.39 is 0 Å². The summed E-state index contributed by atoms with van der Waals surface area (Å²) in [5.41, 5.74) is -0.717. The predicted molar refractivity (Wildman–Crippen MR) is 51.2 cm³/mol. The summed E-state index contributed by atoms with van der Waals surface area (Å²) in [5.74, 6) is 2.58. The number of rotatable bonds is 3. The van der Waals surface area contributed by atoms with Crippen molar-refractivity contribution in [2.45, 2.75) is 38.7 Å². The van der Waals surface area contributed by atoms with Gasteiger partial charge in [0, 0.05) is 13.0 Å². The summed E-state index contributed by atoms with van der Waals surface area (Å²) < 4.78 is 5.54. The Balaban J connectivity index is 2.80. The largest absolute Gasteiger partial charge is 0.375 e. The molecule has 0 aromatic carbocycles. The van der Waals surface area contributed by atoms with Crippen LogP contribution in [-0.4, -0.2) is 18.5 Å². The highest BCUT2D eigenvalue weighted by molar-refractivity contribution is 5.62. The van der Waals surface area contributed by atoms with Crippen molar-refractivity contribution in [3.05, 3.63) is 0 Å². The minimum absolute atomic E-state index is 0.356. The van der Waals surface area contributed by atoms with Gasteiger partial charge in [0.25, 0.3) is 0 Å².